The van der Waals surface area contributed by atoms with Crippen LogP contribution in [-0.2, 0) is 9.84 Å². The van der Waals surface area contributed by atoms with Gasteiger partial charge in [-0.25, -0.2) is 8.42 Å². The predicted octanol–water partition coefficient (Wildman–Crippen LogP) is 3.04. The van der Waals surface area contributed by atoms with Crippen molar-refractivity contribution in [3.63, 3.8) is 0 Å². The number of rotatable bonds is 5. The molecule has 0 spiro atoms. The van der Waals surface area contributed by atoms with Crippen LogP contribution in [0.1, 0.15) is 30.1 Å². The Morgan fingerprint density at radius 1 is 1.13 bits per heavy atom. The van der Waals surface area contributed by atoms with Gasteiger partial charge in [0.05, 0.1) is 4.90 Å². The lowest BCUT2D eigenvalue weighted by Crippen LogP contribution is -2.62. The van der Waals surface area contributed by atoms with Gasteiger partial charge in [-0.15, -0.1) is 0 Å². The van der Waals surface area contributed by atoms with Crippen molar-refractivity contribution >= 4 is 33.2 Å². The molecule has 30 heavy (non-hydrogen) atoms. The molecule has 2 bridgehead atoms. The van der Waals surface area contributed by atoms with Crippen LogP contribution in [0.25, 0.3) is 0 Å². The Labute approximate surface area is 182 Å². The van der Waals surface area contributed by atoms with E-state index in [4.69, 9.17) is 5.73 Å². The van der Waals surface area contributed by atoms with Crippen LogP contribution in [0.3, 0.4) is 0 Å². The molecule has 0 unspecified atom stereocenters. The van der Waals surface area contributed by atoms with Crippen molar-refractivity contribution in [2.24, 2.45) is 5.92 Å². The molecule has 3 heterocycles. The number of benzene rings is 2. The van der Waals surface area contributed by atoms with Crippen LogP contribution in [0.15, 0.2) is 57.2 Å². The minimum atomic E-state index is -3.29. The molecule has 2 aromatic carbocycles. The van der Waals surface area contributed by atoms with Crippen LogP contribution in [0, 0.1) is 5.92 Å². The zero-order chi connectivity index (χ0) is 21.5. The summed E-state index contributed by atoms with van der Waals surface area (Å²) in [6, 6.07) is 12.8. The molecule has 3 fully saturated rings. The molecule has 3 aliphatic rings. The maximum absolute atomic E-state index is 12.8. The number of anilines is 1. The molecule has 3 aliphatic heterocycles. The van der Waals surface area contributed by atoms with E-state index >= 15 is 0 Å². The number of fused-ring (bicyclic) bond motifs is 3. The zero-order valence-corrected chi connectivity index (χ0v) is 18.8. The number of piperidine rings is 3. The van der Waals surface area contributed by atoms with Gasteiger partial charge >= 0.3 is 0 Å². The minimum absolute atomic E-state index is 0.0332. The average molecular weight is 446 g/mol. The molecule has 2 aromatic rings. The fourth-order valence-corrected chi connectivity index (χ4v) is 5.93. The maximum Gasteiger partial charge on any atom is 0.251 e. The van der Waals surface area contributed by atoms with E-state index in [2.05, 4.69) is 17.1 Å². The lowest BCUT2D eigenvalue weighted by Gasteiger charge is -2.49. The number of nitrogens with two attached hydrogens (primary N) is 1. The Hall–Kier alpha value is -2.03. The van der Waals surface area contributed by atoms with Gasteiger partial charge in [-0.2, -0.15) is 0 Å². The summed E-state index contributed by atoms with van der Waals surface area (Å²) in [4.78, 5) is 17.2. The summed E-state index contributed by atoms with van der Waals surface area (Å²) in [6.07, 6.45) is 3.48. The molecule has 0 saturated carbocycles. The second kappa shape index (κ2) is 8.24. The van der Waals surface area contributed by atoms with Gasteiger partial charge in [-0.3, -0.25) is 9.69 Å². The number of carbonyl (C=O) groups is 1. The molecule has 0 aromatic heterocycles. The van der Waals surface area contributed by atoms with Crippen LogP contribution >= 0.6 is 11.8 Å². The first-order valence-electron chi connectivity index (χ1n) is 10.1. The topological polar surface area (TPSA) is 92.5 Å². The Kier molecular flexibility index (Phi) is 5.83. The molecular weight excluding hydrogens is 418 g/mol. The van der Waals surface area contributed by atoms with Gasteiger partial charge in [0, 0.05) is 39.4 Å². The normalized spacial score (nSPS) is 25.8. The number of hydrogen-bond donors (Lipinski definition) is 2. The monoisotopic (exact) mass is 445 g/mol. The van der Waals surface area contributed by atoms with E-state index in [1.54, 1.807) is 12.1 Å². The fourth-order valence-electron chi connectivity index (χ4n) is 4.43. The first kappa shape index (κ1) is 21.2. The molecular formula is C22H27N3O3S2. The van der Waals surface area contributed by atoms with E-state index < -0.39 is 9.84 Å². The van der Waals surface area contributed by atoms with E-state index in [0.717, 1.165) is 42.0 Å². The molecule has 1 amide bonds. The summed E-state index contributed by atoms with van der Waals surface area (Å²) in [5, 5.41) is 3.25. The van der Waals surface area contributed by atoms with Gasteiger partial charge in [0.2, 0.25) is 0 Å². The summed E-state index contributed by atoms with van der Waals surface area (Å²) < 4.78 is 23.3. The summed E-state index contributed by atoms with van der Waals surface area (Å²) in [7, 11) is -3.29. The smallest absolute Gasteiger partial charge is 0.251 e. The first-order valence-corrected chi connectivity index (χ1v) is 12.9. The SMILES string of the molecule is C[C@H]1[C@H](NC(=O)c2ccc(Sc3ccc(S(C)(=O)=O)cc3N)cc2)C2CCN1CC2. The minimum Gasteiger partial charge on any atom is -0.398 e. The lowest BCUT2D eigenvalue weighted by molar-refractivity contribution is 0.0217. The average Bonchev–Trinajstić information content (AvgIpc) is 2.72. The maximum atomic E-state index is 12.8. The number of carbonyl (C=O) groups excluding carboxylic acids is 1. The third-order valence-corrected chi connectivity index (χ3v) is 8.44. The van der Waals surface area contributed by atoms with Gasteiger partial charge < -0.3 is 11.1 Å². The highest BCUT2D eigenvalue weighted by atomic mass is 32.2. The standard InChI is InChI=1S/C22H27N3O3S2/c1-14-21(15-9-11-25(14)12-10-15)24-22(26)16-3-5-17(6-4-16)29-20-8-7-18(13-19(20)23)30(2,27)28/h3-8,13-15,21H,9-12,23H2,1-2H3,(H,24,26)/t14-,21-/m0/s1. The Morgan fingerprint density at radius 3 is 2.37 bits per heavy atom. The zero-order valence-electron chi connectivity index (χ0n) is 17.2. The van der Waals surface area contributed by atoms with Gasteiger partial charge in [0.15, 0.2) is 9.84 Å². The van der Waals surface area contributed by atoms with E-state index in [1.165, 1.54) is 17.8 Å². The second-order valence-corrected chi connectivity index (χ2v) is 11.3. The number of nitrogens with zero attached hydrogens (tertiary/aromatic N) is 1. The van der Waals surface area contributed by atoms with Crippen LogP contribution < -0.4 is 11.1 Å². The highest BCUT2D eigenvalue weighted by Crippen LogP contribution is 2.34. The summed E-state index contributed by atoms with van der Waals surface area (Å²) >= 11 is 1.44. The third kappa shape index (κ3) is 4.36. The molecule has 8 heteroatoms. The molecule has 2 atom stereocenters. The van der Waals surface area contributed by atoms with Crippen LogP contribution in [-0.4, -0.2) is 50.7 Å². The highest BCUT2D eigenvalue weighted by molar-refractivity contribution is 7.99. The first-order chi connectivity index (χ1) is 14.2. The number of hydrogen-bond acceptors (Lipinski definition) is 6. The highest BCUT2D eigenvalue weighted by Gasteiger charge is 2.40. The van der Waals surface area contributed by atoms with E-state index in [-0.39, 0.29) is 16.8 Å². The molecule has 0 aliphatic carbocycles. The number of amides is 1. The Morgan fingerprint density at radius 2 is 1.80 bits per heavy atom. The molecule has 3 saturated heterocycles. The number of sulfone groups is 1. The Balaban J connectivity index is 1.42. The quantitative estimate of drug-likeness (QED) is 0.688. The summed E-state index contributed by atoms with van der Waals surface area (Å²) in [5.74, 6) is 0.538. The lowest BCUT2D eigenvalue weighted by atomic mass is 9.79. The fraction of sp³-hybridized carbons (Fsp3) is 0.409. The number of nitrogens with one attached hydrogen (secondary N) is 1. The molecule has 3 N–H and O–H groups in total. The van der Waals surface area contributed by atoms with Crippen LogP contribution in [0.4, 0.5) is 5.69 Å². The molecule has 6 nitrogen and oxygen atoms in total. The Bertz CT molecular complexity index is 1040. The summed E-state index contributed by atoms with van der Waals surface area (Å²) in [5.41, 5.74) is 7.10. The molecule has 160 valence electrons. The summed E-state index contributed by atoms with van der Waals surface area (Å²) in [6.45, 7) is 4.48. The van der Waals surface area contributed by atoms with Crippen LogP contribution in [0.5, 0.6) is 0 Å². The van der Waals surface area contributed by atoms with Gasteiger partial charge in [-0.05, 0) is 81.2 Å². The van der Waals surface area contributed by atoms with Crippen molar-refractivity contribution < 1.29 is 13.2 Å². The van der Waals surface area contributed by atoms with Crippen LogP contribution in [0.2, 0.25) is 0 Å². The van der Waals surface area contributed by atoms with Gasteiger partial charge in [-0.1, -0.05) is 11.8 Å². The molecule has 0 radical (unpaired) electrons. The van der Waals surface area contributed by atoms with Crippen molar-refractivity contribution in [1.82, 2.24) is 10.2 Å². The van der Waals surface area contributed by atoms with Crippen molar-refractivity contribution in [2.75, 3.05) is 25.1 Å². The van der Waals surface area contributed by atoms with Crippen molar-refractivity contribution in [3.05, 3.63) is 48.0 Å². The van der Waals surface area contributed by atoms with Crippen molar-refractivity contribution in [3.8, 4) is 0 Å². The van der Waals surface area contributed by atoms with Gasteiger partial charge in [0.1, 0.15) is 0 Å². The molecule has 5 rings (SSSR count). The van der Waals surface area contributed by atoms with E-state index in [9.17, 15) is 13.2 Å². The predicted molar refractivity (Wildman–Crippen MR) is 120 cm³/mol. The van der Waals surface area contributed by atoms with Gasteiger partial charge in [0.25, 0.3) is 5.91 Å². The van der Waals surface area contributed by atoms with E-state index in [0.29, 0.717) is 23.2 Å². The third-order valence-electron chi connectivity index (χ3n) is 6.23. The number of nitrogen functional groups attached to an aromatic ring is 1. The van der Waals surface area contributed by atoms with E-state index in [1.807, 2.05) is 24.3 Å². The second-order valence-electron chi connectivity index (χ2n) is 8.21. The van der Waals surface area contributed by atoms with Crippen molar-refractivity contribution in [1.29, 1.82) is 0 Å². The van der Waals surface area contributed by atoms with Crippen molar-refractivity contribution in [2.45, 2.75) is 46.5 Å². The largest absolute Gasteiger partial charge is 0.398 e.